The number of ether oxygens (including phenoxy) is 1. The number of halogens is 3. The Bertz CT molecular complexity index is 966. The van der Waals surface area contributed by atoms with Crippen molar-refractivity contribution in [1.29, 1.82) is 0 Å². The van der Waals surface area contributed by atoms with Gasteiger partial charge in [0.1, 0.15) is 5.75 Å². The smallest absolute Gasteiger partial charge is 0.406 e. The van der Waals surface area contributed by atoms with Crippen molar-refractivity contribution in [3.8, 4) is 5.75 Å². The Balaban J connectivity index is 1.39. The van der Waals surface area contributed by atoms with Gasteiger partial charge in [-0.15, -0.1) is 13.2 Å². The minimum absolute atomic E-state index is 0.148. The van der Waals surface area contributed by atoms with E-state index in [9.17, 15) is 23.4 Å². The molecule has 2 N–H and O–H groups in total. The number of benzene rings is 1. The van der Waals surface area contributed by atoms with Gasteiger partial charge in [0.2, 0.25) is 0 Å². The van der Waals surface area contributed by atoms with E-state index in [1.165, 1.54) is 17.7 Å². The molecule has 1 aromatic rings. The van der Waals surface area contributed by atoms with Crippen LogP contribution in [0.25, 0.3) is 6.08 Å². The third-order valence-electron chi connectivity index (χ3n) is 9.41. The quantitative estimate of drug-likeness (QED) is 0.510. The summed E-state index contributed by atoms with van der Waals surface area (Å²) in [6.45, 7) is 4.60. The van der Waals surface area contributed by atoms with E-state index in [-0.39, 0.29) is 22.7 Å². The first-order valence-electron chi connectivity index (χ1n) is 12.1. The van der Waals surface area contributed by atoms with Crippen LogP contribution in [-0.2, 0) is 0 Å². The molecule has 6 heteroatoms. The van der Waals surface area contributed by atoms with Gasteiger partial charge >= 0.3 is 6.36 Å². The van der Waals surface area contributed by atoms with E-state index in [1.807, 2.05) is 6.08 Å². The number of allylic oxidation sites excluding steroid dienone is 1. The van der Waals surface area contributed by atoms with E-state index in [2.05, 4.69) is 24.7 Å². The molecule has 3 nitrogen and oxygen atoms in total. The molecule has 0 saturated heterocycles. The molecule has 0 amide bonds. The van der Waals surface area contributed by atoms with Crippen LogP contribution in [0, 0.1) is 28.6 Å². The number of fused-ring (bicyclic) bond motifs is 5. The highest BCUT2D eigenvalue weighted by atomic mass is 19.4. The molecule has 180 valence electrons. The maximum Gasteiger partial charge on any atom is 0.573 e. The van der Waals surface area contributed by atoms with Crippen molar-refractivity contribution in [1.82, 2.24) is 0 Å². The summed E-state index contributed by atoms with van der Waals surface area (Å²) in [5.74, 6) is 1.23. The monoisotopic (exact) mass is 462 g/mol. The molecular weight excluding hydrogens is 429 g/mol. The normalized spacial score (nSPS) is 41.7. The van der Waals surface area contributed by atoms with Gasteiger partial charge in [0, 0.05) is 5.41 Å². The zero-order chi connectivity index (χ0) is 23.6. The molecule has 3 fully saturated rings. The number of aliphatic hydroxyl groups is 2. The Hall–Kier alpha value is -1.79. The van der Waals surface area contributed by atoms with Crippen LogP contribution >= 0.6 is 0 Å². The van der Waals surface area contributed by atoms with Gasteiger partial charge in [-0.1, -0.05) is 43.7 Å². The molecule has 0 unspecified atom stereocenters. The lowest BCUT2D eigenvalue weighted by Crippen LogP contribution is -2.51. The summed E-state index contributed by atoms with van der Waals surface area (Å²) < 4.78 is 41.3. The van der Waals surface area contributed by atoms with Gasteiger partial charge in [-0.3, -0.25) is 0 Å². The lowest BCUT2D eigenvalue weighted by atomic mass is 9.48. The van der Waals surface area contributed by atoms with Crippen molar-refractivity contribution in [2.24, 2.45) is 28.6 Å². The van der Waals surface area contributed by atoms with Crippen LogP contribution in [0.15, 0.2) is 41.5 Å². The summed E-state index contributed by atoms with van der Waals surface area (Å²) in [5, 5.41) is 21.5. The molecular formula is C27H33F3O3. The third kappa shape index (κ3) is 3.93. The van der Waals surface area contributed by atoms with Gasteiger partial charge in [0.25, 0.3) is 0 Å². The summed E-state index contributed by atoms with van der Waals surface area (Å²) >= 11 is 0. The minimum Gasteiger partial charge on any atom is -0.406 e. The Morgan fingerprint density at radius 1 is 1.00 bits per heavy atom. The van der Waals surface area contributed by atoms with Crippen molar-refractivity contribution in [2.45, 2.75) is 77.4 Å². The van der Waals surface area contributed by atoms with Crippen molar-refractivity contribution < 1.29 is 28.1 Å². The highest BCUT2D eigenvalue weighted by Crippen LogP contribution is 2.65. The highest BCUT2D eigenvalue weighted by molar-refractivity contribution is 5.56. The van der Waals surface area contributed by atoms with E-state index in [4.69, 9.17) is 0 Å². The average molecular weight is 463 g/mol. The zero-order valence-electron chi connectivity index (χ0n) is 19.2. The standard InChI is InChI=1S/C27H33F3O3/c1-25-11-9-19(31)15-18(25)5-8-21-22(25)10-12-26(2)23(21)14-17(24(26)32)13-16-3-6-20(7-4-16)33-27(28,29)30/h3-7,13,19,21-24,31-32H,8-12,14-15H2,1-2H3/b17-13+/t19-,21-,22+,23+,24-,25+,26+/m1/s1. The maximum atomic E-state index is 12.4. The van der Waals surface area contributed by atoms with Crippen molar-refractivity contribution in [3.63, 3.8) is 0 Å². The van der Waals surface area contributed by atoms with E-state index < -0.39 is 12.5 Å². The SMILES string of the molecule is C[C@]12CC[C@H]3[C@@H](CC=C4C[C@H](O)CC[C@@]43C)[C@@H]1C/C(=C\c1ccc(OC(F)(F)F)cc1)[C@H]2O. The van der Waals surface area contributed by atoms with Crippen LogP contribution in [0.4, 0.5) is 13.2 Å². The lowest BCUT2D eigenvalue weighted by molar-refractivity contribution is -0.274. The number of alkyl halides is 3. The first-order valence-corrected chi connectivity index (χ1v) is 12.1. The molecule has 4 aliphatic carbocycles. The van der Waals surface area contributed by atoms with E-state index in [1.54, 1.807) is 12.1 Å². The minimum atomic E-state index is -4.70. The van der Waals surface area contributed by atoms with Crippen molar-refractivity contribution in [3.05, 3.63) is 47.1 Å². The number of hydrogen-bond donors (Lipinski definition) is 2. The molecule has 0 aliphatic heterocycles. The molecule has 7 atom stereocenters. The van der Waals surface area contributed by atoms with Crippen molar-refractivity contribution >= 4 is 6.08 Å². The lowest BCUT2D eigenvalue weighted by Gasteiger charge is -2.57. The van der Waals surface area contributed by atoms with Crippen LogP contribution in [-0.4, -0.2) is 28.8 Å². The summed E-state index contributed by atoms with van der Waals surface area (Å²) in [5.41, 5.74) is 3.15. The predicted octanol–water partition coefficient (Wildman–Crippen LogP) is 6.26. The average Bonchev–Trinajstić information content (AvgIpc) is 2.99. The maximum absolute atomic E-state index is 12.4. The molecule has 0 radical (unpaired) electrons. The second-order valence-corrected chi connectivity index (χ2v) is 11.1. The Kier molecular flexibility index (Phi) is 5.48. The van der Waals surface area contributed by atoms with Crippen LogP contribution in [0.2, 0.25) is 0 Å². The van der Waals surface area contributed by atoms with Crippen LogP contribution in [0.5, 0.6) is 5.75 Å². The van der Waals surface area contributed by atoms with Crippen LogP contribution < -0.4 is 4.74 Å². The molecule has 0 heterocycles. The van der Waals surface area contributed by atoms with Crippen LogP contribution in [0.1, 0.15) is 64.4 Å². The summed E-state index contributed by atoms with van der Waals surface area (Å²) in [6, 6.07) is 5.85. The molecule has 0 spiro atoms. The molecule has 5 rings (SSSR count). The summed E-state index contributed by atoms with van der Waals surface area (Å²) in [4.78, 5) is 0. The summed E-state index contributed by atoms with van der Waals surface area (Å²) in [6.07, 6.45) is 5.44. The molecule has 0 aromatic heterocycles. The van der Waals surface area contributed by atoms with Crippen molar-refractivity contribution in [2.75, 3.05) is 0 Å². The zero-order valence-corrected chi connectivity index (χ0v) is 19.2. The van der Waals surface area contributed by atoms with Gasteiger partial charge in [-0.05, 0) is 91.4 Å². The number of aliphatic hydroxyl groups excluding tert-OH is 2. The first kappa shape index (κ1) is 23.0. The van der Waals surface area contributed by atoms with E-state index >= 15 is 0 Å². The summed E-state index contributed by atoms with van der Waals surface area (Å²) in [7, 11) is 0. The second-order valence-electron chi connectivity index (χ2n) is 11.1. The Morgan fingerprint density at radius 3 is 2.42 bits per heavy atom. The van der Waals surface area contributed by atoms with Gasteiger partial charge in [-0.25, -0.2) is 0 Å². The topological polar surface area (TPSA) is 49.7 Å². The molecule has 1 aromatic carbocycles. The van der Waals surface area contributed by atoms with Gasteiger partial charge < -0.3 is 14.9 Å². The molecule has 0 bridgehead atoms. The second kappa shape index (κ2) is 7.88. The van der Waals surface area contributed by atoms with Gasteiger partial charge in [-0.2, -0.15) is 0 Å². The molecule has 4 aliphatic rings. The molecule has 33 heavy (non-hydrogen) atoms. The Morgan fingerprint density at radius 2 is 1.73 bits per heavy atom. The predicted molar refractivity (Wildman–Crippen MR) is 120 cm³/mol. The van der Waals surface area contributed by atoms with Gasteiger partial charge in [0.15, 0.2) is 0 Å². The fourth-order valence-corrected chi connectivity index (χ4v) is 7.62. The number of rotatable bonds is 2. The molecule has 3 saturated carbocycles. The van der Waals surface area contributed by atoms with Gasteiger partial charge in [0.05, 0.1) is 12.2 Å². The largest absolute Gasteiger partial charge is 0.573 e. The number of hydrogen-bond acceptors (Lipinski definition) is 3. The highest BCUT2D eigenvalue weighted by Gasteiger charge is 2.59. The van der Waals surface area contributed by atoms with E-state index in [0.29, 0.717) is 17.8 Å². The fraction of sp³-hybridized carbons (Fsp3) is 0.630. The third-order valence-corrected chi connectivity index (χ3v) is 9.41. The van der Waals surface area contributed by atoms with E-state index in [0.717, 1.165) is 56.1 Å². The van der Waals surface area contributed by atoms with Crippen LogP contribution in [0.3, 0.4) is 0 Å². The fourth-order valence-electron chi connectivity index (χ4n) is 7.62. The Labute approximate surface area is 193 Å². The first-order chi connectivity index (χ1) is 15.5.